The first-order valence-corrected chi connectivity index (χ1v) is 6.45. The van der Waals surface area contributed by atoms with Gasteiger partial charge in [-0.15, -0.1) is 0 Å². The van der Waals surface area contributed by atoms with Crippen LogP contribution in [0.4, 0.5) is 5.69 Å². The number of rotatable bonds is 4. The third kappa shape index (κ3) is 2.82. The summed E-state index contributed by atoms with van der Waals surface area (Å²) in [5, 5.41) is 4.26. The van der Waals surface area contributed by atoms with Crippen LogP contribution in [0.25, 0.3) is 0 Å². The molecule has 0 N–H and O–H groups in total. The van der Waals surface area contributed by atoms with Crippen molar-refractivity contribution in [2.24, 2.45) is 7.05 Å². The lowest BCUT2D eigenvalue weighted by Gasteiger charge is -2.17. The van der Waals surface area contributed by atoms with E-state index in [9.17, 15) is 4.79 Å². The summed E-state index contributed by atoms with van der Waals surface area (Å²) in [4.78, 5) is 13.7. The summed E-state index contributed by atoms with van der Waals surface area (Å²) in [5.41, 5.74) is 2.55. The number of carbonyl (C=O) groups excluding carboxylic acids is 1. The second kappa shape index (κ2) is 5.77. The topological polar surface area (TPSA) is 47.4 Å². The molecule has 20 heavy (non-hydrogen) atoms. The molecule has 0 fully saturated rings. The molecule has 5 nitrogen and oxygen atoms in total. The minimum atomic E-state index is -0.0983. The largest absolute Gasteiger partial charge is 0.480 e. The number of para-hydroxylation sites is 1. The first-order chi connectivity index (χ1) is 9.50. The van der Waals surface area contributed by atoms with Gasteiger partial charge in [-0.05, 0) is 26.0 Å². The lowest BCUT2D eigenvalue weighted by atomic mass is 10.3. The number of benzene rings is 1. The predicted molar refractivity (Wildman–Crippen MR) is 78.0 cm³/mol. The molecule has 0 radical (unpaired) electrons. The molecule has 1 aromatic heterocycles. The van der Waals surface area contributed by atoms with Gasteiger partial charge >= 0.3 is 0 Å². The van der Waals surface area contributed by atoms with Crippen molar-refractivity contribution in [3.63, 3.8) is 0 Å². The maximum Gasteiger partial charge on any atom is 0.264 e. The standard InChI is InChI=1S/C15H19N3O2/c1-11-15(12(2)18(4)16-11)20-10-14(19)17(3)13-8-6-5-7-9-13/h5-9H,10H2,1-4H3. The molecule has 0 spiro atoms. The van der Waals surface area contributed by atoms with Crippen molar-refractivity contribution in [2.75, 3.05) is 18.6 Å². The molecule has 1 aromatic carbocycles. The highest BCUT2D eigenvalue weighted by molar-refractivity contribution is 5.93. The Labute approximate surface area is 118 Å². The molecule has 0 aliphatic rings. The van der Waals surface area contributed by atoms with Crippen LogP contribution < -0.4 is 9.64 Å². The van der Waals surface area contributed by atoms with E-state index in [1.54, 1.807) is 16.6 Å². The summed E-state index contributed by atoms with van der Waals surface area (Å²) in [6, 6.07) is 9.49. The fourth-order valence-electron chi connectivity index (χ4n) is 1.99. The quantitative estimate of drug-likeness (QED) is 0.857. The Kier molecular flexibility index (Phi) is 4.08. The lowest BCUT2D eigenvalue weighted by molar-refractivity contribution is -0.120. The first-order valence-electron chi connectivity index (χ1n) is 6.45. The maximum atomic E-state index is 12.1. The van der Waals surface area contributed by atoms with E-state index in [1.165, 1.54) is 0 Å². The van der Waals surface area contributed by atoms with Crippen LogP contribution in [-0.4, -0.2) is 29.3 Å². The number of likely N-dealkylation sites (N-methyl/N-ethyl adjacent to an activating group) is 1. The number of hydrogen-bond acceptors (Lipinski definition) is 3. The smallest absolute Gasteiger partial charge is 0.264 e. The molecular formula is C15H19N3O2. The highest BCUT2D eigenvalue weighted by Crippen LogP contribution is 2.21. The van der Waals surface area contributed by atoms with Crippen LogP contribution in [0.3, 0.4) is 0 Å². The molecule has 0 saturated heterocycles. The molecular weight excluding hydrogens is 254 g/mol. The summed E-state index contributed by atoms with van der Waals surface area (Å²) < 4.78 is 7.36. The summed E-state index contributed by atoms with van der Waals surface area (Å²) in [5.74, 6) is 0.584. The Balaban J connectivity index is 2.02. The molecule has 0 unspecified atom stereocenters. The number of hydrogen-bond donors (Lipinski definition) is 0. The van der Waals surface area contributed by atoms with Crippen LogP contribution in [-0.2, 0) is 11.8 Å². The molecule has 0 bridgehead atoms. The van der Waals surface area contributed by atoms with Crippen LogP contribution in [0, 0.1) is 13.8 Å². The molecule has 0 aliphatic heterocycles. The number of anilines is 1. The Bertz CT molecular complexity index is 605. The van der Waals surface area contributed by atoms with Crippen molar-refractivity contribution >= 4 is 11.6 Å². The number of carbonyl (C=O) groups is 1. The molecule has 1 amide bonds. The van der Waals surface area contributed by atoms with E-state index in [0.717, 1.165) is 17.1 Å². The van der Waals surface area contributed by atoms with E-state index in [-0.39, 0.29) is 12.5 Å². The fraction of sp³-hybridized carbons (Fsp3) is 0.333. The highest BCUT2D eigenvalue weighted by atomic mass is 16.5. The summed E-state index contributed by atoms with van der Waals surface area (Å²) in [7, 11) is 3.59. The summed E-state index contributed by atoms with van der Waals surface area (Å²) in [6.45, 7) is 3.78. The second-order valence-corrected chi connectivity index (χ2v) is 4.70. The van der Waals surface area contributed by atoms with Crippen molar-refractivity contribution in [1.82, 2.24) is 9.78 Å². The molecule has 0 aliphatic carbocycles. The third-order valence-corrected chi connectivity index (χ3v) is 3.30. The molecule has 106 valence electrons. The van der Waals surface area contributed by atoms with E-state index >= 15 is 0 Å². The Morgan fingerprint density at radius 3 is 2.50 bits per heavy atom. The van der Waals surface area contributed by atoms with Crippen LogP contribution in [0.5, 0.6) is 5.75 Å². The molecule has 2 aromatic rings. The van der Waals surface area contributed by atoms with Crippen LogP contribution >= 0.6 is 0 Å². The van der Waals surface area contributed by atoms with Crippen LogP contribution in [0.1, 0.15) is 11.4 Å². The van der Waals surface area contributed by atoms with Gasteiger partial charge in [-0.3, -0.25) is 9.48 Å². The number of aromatic nitrogens is 2. The SMILES string of the molecule is Cc1nn(C)c(C)c1OCC(=O)N(C)c1ccccc1. The Morgan fingerprint density at radius 1 is 1.30 bits per heavy atom. The van der Waals surface area contributed by atoms with Crippen molar-refractivity contribution in [3.05, 3.63) is 41.7 Å². The van der Waals surface area contributed by atoms with Gasteiger partial charge in [-0.25, -0.2) is 0 Å². The van der Waals surface area contributed by atoms with Gasteiger partial charge in [0.2, 0.25) is 0 Å². The average Bonchev–Trinajstić information content (AvgIpc) is 2.70. The van der Waals surface area contributed by atoms with Gasteiger partial charge in [0.1, 0.15) is 5.69 Å². The zero-order valence-electron chi connectivity index (χ0n) is 12.3. The van der Waals surface area contributed by atoms with Gasteiger partial charge in [-0.1, -0.05) is 18.2 Å². The number of nitrogens with zero attached hydrogens (tertiary/aromatic N) is 3. The van der Waals surface area contributed by atoms with E-state index in [2.05, 4.69) is 5.10 Å². The maximum absolute atomic E-state index is 12.1. The summed E-state index contributed by atoms with van der Waals surface area (Å²) >= 11 is 0. The second-order valence-electron chi connectivity index (χ2n) is 4.70. The van der Waals surface area contributed by atoms with Gasteiger partial charge in [0.25, 0.3) is 5.91 Å². The van der Waals surface area contributed by atoms with E-state index < -0.39 is 0 Å². The third-order valence-electron chi connectivity index (χ3n) is 3.30. The van der Waals surface area contributed by atoms with Gasteiger partial charge in [0.05, 0.1) is 5.69 Å². The first kappa shape index (κ1) is 14.1. The highest BCUT2D eigenvalue weighted by Gasteiger charge is 2.15. The van der Waals surface area contributed by atoms with Crippen LogP contribution in [0.2, 0.25) is 0 Å². The van der Waals surface area contributed by atoms with Gasteiger partial charge < -0.3 is 9.64 Å². The van der Waals surface area contributed by atoms with Crippen LogP contribution in [0.15, 0.2) is 30.3 Å². The van der Waals surface area contributed by atoms with Crippen molar-refractivity contribution < 1.29 is 9.53 Å². The van der Waals surface area contributed by atoms with Crippen molar-refractivity contribution in [1.29, 1.82) is 0 Å². The van der Waals surface area contributed by atoms with E-state index in [1.807, 2.05) is 51.2 Å². The Morgan fingerprint density at radius 2 is 1.95 bits per heavy atom. The van der Waals surface area contributed by atoms with Crippen molar-refractivity contribution in [2.45, 2.75) is 13.8 Å². The van der Waals surface area contributed by atoms with Gasteiger partial charge in [0, 0.05) is 19.8 Å². The van der Waals surface area contributed by atoms with E-state index in [4.69, 9.17) is 4.74 Å². The zero-order chi connectivity index (χ0) is 14.7. The monoisotopic (exact) mass is 273 g/mol. The summed E-state index contributed by atoms with van der Waals surface area (Å²) in [6.07, 6.45) is 0. The molecule has 2 rings (SSSR count). The number of ether oxygens (including phenoxy) is 1. The molecule has 0 saturated carbocycles. The number of aryl methyl sites for hydroxylation is 2. The minimum absolute atomic E-state index is 0.00122. The lowest BCUT2D eigenvalue weighted by Crippen LogP contribution is -2.31. The fourth-order valence-corrected chi connectivity index (χ4v) is 1.99. The number of amides is 1. The zero-order valence-corrected chi connectivity index (χ0v) is 12.3. The van der Waals surface area contributed by atoms with Crippen molar-refractivity contribution in [3.8, 4) is 5.75 Å². The molecule has 0 atom stereocenters. The van der Waals surface area contributed by atoms with Gasteiger partial charge in [-0.2, -0.15) is 5.10 Å². The predicted octanol–water partition coefficient (Wildman–Crippen LogP) is 2.08. The van der Waals surface area contributed by atoms with Gasteiger partial charge in [0.15, 0.2) is 12.4 Å². The van der Waals surface area contributed by atoms with E-state index in [0.29, 0.717) is 5.75 Å². The molecule has 1 heterocycles. The molecule has 5 heteroatoms. The average molecular weight is 273 g/mol. The Hall–Kier alpha value is -2.30. The normalized spacial score (nSPS) is 10.4. The minimum Gasteiger partial charge on any atom is -0.480 e.